The number of hydrogen-bond acceptors (Lipinski definition) is 8. The van der Waals surface area contributed by atoms with Crippen molar-refractivity contribution in [3.8, 4) is 11.5 Å². The van der Waals surface area contributed by atoms with E-state index in [9.17, 15) is 9.18 Å². The van der Waals surface area contributed by atoms with Crippen molar-refractivity contribution < 1.29 is 18.3 Å². The Kier molecular flexibility index (Phi) is 5.63. The van der Waals surface area contributed by atoms with Gasteiger partial charge in [-0.1, -0.05) is 12.1 Å². The molecule has 0 aliphatic rings. The molecule has 4 rings (SSSR count). The molecule has 0 saturated heterocycles. The number of hydrogen-bond donors (Lipinski definition) is 1. The third kappa shape index (κ3) is 4.31. The second-order valence-electron chi connectivity index (χ2n) is 7.88. The SMILES string of the molecule is CC(c1nnc(-c2ccccc2F)o1)n1nc(Br)c2c(NC(=O)OC(C)(C)C)ncnc21. The molecule has 1 aromatic carbocycles. The summed E-state index contributed by atoms with van der Waals surface area (Å²) < 4.78 is 27.0. The van der Waals surface area contributed by atoms with Gasteiger partial charge < -0.3 is 9.15 Å². The molecule has 1 atom stereocenters. The van der Waals surface area contributed by atoms with Crippen molar-refractivity contribution in [3.05, 3.63) is 46.9 Å². The zero-order valence-corrected chi connectivity index (χ0v) is 19.2. The topological polar surface area (TPSA) is 121 Å². The van der Waals surface area contributed by atoms with Crippen molar-refractivity contribution >= 4 is 38.9 Å². The van der Waals surface area contributed by atoms with E-state index in [1.165, 1.54) is 12.4 Å². The minimum atomic E-state index is -0.667. The van der Waals surface area contributed by atoms with Crippen LogP contribution in [-0.4, -0.2) is 41.6 Å². The van der Waals surface area contributed by atoms with Crippen molar-refractivity contribution in [2.24, 2.45) is 0 Å². The number of nitrogens with one attached hydrogen (secondary N) is 1. The number of carbonyl (C=O) groups is 1. The molecule has 3 aromatic heterocycles. The van der Waals surface area contributed by atoms with Crippen molar-refractivity contribution in [1.29, 1.82) is 0 Å². The highest BCUT2D eigenvalue weighted by Gasteiger charge is 2.25. The lowest BCUT2D eigenvalue weighted by Crippen LogP contribution is -2.27. The minimum Gasteiger partial charge on any atom is -0.444 e. The lowest BCUT2D eigenvalue weighted by Gasteiger charge is -2.19. The van der Waals surface area contributed by atoms with E-state index in [0.717, 1.165) is 0 Å². The molecular formula is C20H19BrFN7O3. The molecule has 0 radical (unpaired) electrons. The third-order valence-corrected chi connectivity index (χ3v) is 4.89. The quantitative estimate of drug-likeness (QED) is 0.423. The van der Waals surface area contributed by atoms with Crippen LogP contribution in [0.25, 0.3) is 22.5 Å². The molecule has 0 aliphatic carbocycles. The Hall–Kier alpha value is -3.41. The monoisotopic (exact) mass is 503 g/mol. The van der Waals surface area contributed by atoms with Crippen LogP contribution in [0.3, 0.4) is 0 Å². The van der Waals surface area contributed by atoms with Crippen molar-refractivity contribution in [2.75, 3.05) is 5.32 Å². The Morgan fingerprint density at radius 2 is 2.00 bits per heavy atom. The number of rotatable bonds is 4. The minimum absolute atomic E-state index is 0.0578. The molecule has 0 spiro atoms. The molecule has 166 valence electrons. The van der Waals surface area contributed by atoms with Crippen LogP contribution in [0.15, 0.2) is 39.6 Å². The molecule has 1 N–H and O–H groups in total. The standard InChI is InChI=1S/C20H19BrFN7O3/c1-10(17-26-27-18(31-17)11-7-5-6-8-12(11)22)29-16-13(14(21)28-29)15(23-9-24-16)25-19(30)32-20(2,3)4/h5-10H,1-4H3,(H,23,24,25,30). The van der Waals surface area contributed by atoms with Gasteiger partial charge in [-0.2, -0.15) is 5.10 Å². The Morgan fingerprint density at radius 1 is 1.25 bits per heavy atom. The maximum atomic E-state index is 14.1. The predicted octanol–water partition coefficient (Wildman–Crippen LogP) is 4.73. The first-order valence-electron chi connectivity index (χ1n) is 9.61. The summed E-state index contributed by atoms with van der Waals surface area (Å²) >= 11 is 3.39. The Labute approximate surface area is 190 Å². The fourth-order valence-electron chi connectivity index (χ4n) is 2.95. The molecule has 0 aliphatic heterocycles. The van der Waals surface area contributed by atoms with Gasteiger partial charge in [0.05, 0.1) is 10.9 Å². The van der Waals surface area contributed by atoms with E-state index >= 15 is 0 Å². The number of fused-ring (bicyclic) bond motifs is 1. The van der Waals surface area contributed by atoms with Crippen LogP contribution in [-0.2, 0) is 4.74 Å². The molecule has 3 heterocycles. The average Bonchev–Trinajstić information content (AvgIpc) is 3.32. The summed E-state index contributed by atoms with van der Waals surface area (Å²) in [6.45, 7) is 7.06. The molecule has 0 saturated carbocycles. The fraction of sp³-hybridized carbons (Fsp3) is 0.300. The van der Waals surface area contributed by atoms with E-state index in [-0.39, 0.29) is 23.2 Å². The van der Waals surface area contributed by atoms with Crippen LogP contribution in [0.2, 0.25) is 0 Å². The molecular weight excluding hydrogens is 485 g/mol. The molecule has 12 heteroatoms. The number of aromatic nitrogens is 6. The fourth-order valence-corrected chi connectivity index (χ4v) is 3.48. The number of halogens is 2. The number of amides is 1. The summed E-state index contributed by atoms with van der Waals surface area (Å²) in [5.41, 5.74) is -0.0488. The molecule has 0 fully saturated rings. The Balaban J connectivity index is 1.67. The highest BCUT2D eigenvalue weighted by atomic mass is 79.9. The third-order valence-electron chi connectivity index (χ3n) is 4.33. The maximum Gasteiger partial charge on any atom is 0.413 e. The van der Waals surface area contributed by atoms with Crippen LogP contribution in [0.5, 0.6) is 0 Å². The Bertz CT molecular complexity index is 1300. The molecule has 10 nitrogen and oxygen atoms in total. The van der Waals surface area contributed by atoms with E-state index in [4.69, 9.17) is 9.15 Å². The first-order chi connectivity index (χ1) is 15.1. The molecule has 4 aromatic rings. The number of nitrogens with zero attached hydrogens (tertiary/aromatic N) is 6. The zero-order chi connectivity index (χ0) is 23.0. The highest BCUT2D eigenvalue weighted by molar-refractivity contribution is 9.10. The number of carbonyl (C=O) groups excluding carboxylic acids is 1. The van der Waals surface area contributed by atoms with Gasteiger partial charge >= 0.3 is 6.09 Å². The summed E-state index contributed by atoms with van der Waals surface area (Å²) in [4.78, 5) is 20.6. The van der Waals surface area contributed by atoms with Gasteiger partial charge in [0, 0.05) is 0 Å². The smallest absolute Gasteiger partial charge is 0.413 e. The lowest BCUT2D eigenvalue weighted by molar-refractivity contribution is 0.0635. The van der Waals surface area contributed by atoms with E-state index in [2.05, 4.69) is 46.5 Å². The van der Waals surface area contributed by atoms with Gasteiger partial charge in [0.15, 0.2) is 11.5 Å². The summed E-state index contributed by atoms with van der Waals surface area (Å²) in [7, 11) is 0. The van der Waals surface area contributed by atoms with Gasteiger partial charge in [0.1, 0.15) is 28.4 Å². The summed E-state index contributed by atoms with van der Waals surface area (Å²) in [6, 6.07) is 5.59. The van der Waals surface area contributed by atoms with Crippen LogP contribution in [0, 0.1) is 5.82 Å². The first-order valence-corrected chi connectivity index (χ1v) is 10.4. The average molecular weight is 504 g/mol. The molecule has 32 heavy (non-hydrogen) atoms. The van der Waals surface area contributed by atoms with E-state index < -0.39 is 23.6 Å². The molecule has 1 amide bonds. The van der Waals surface area contributed by atoms with Gasteiger partial charge in [0.25, 0.3) is 5.89 Å². The normalized spacial score (nSPS) is 12.7. The van der Waals surface area contributed by atoms with Gasteiger partial charge in [-0.15, -0.1) is 10.2 Å². The molecule has 0 bridgehead atoms. The van der Waals surface area contributed by atoms with Crippen LogP contribution in [0.1, 0.15) is 39.6 Å². The summed E-state index contributed by atoms with van der Waals surface area (Å²) in [6.07, 6.45) is 0.641. The molecule has 1 unspecified atom stereocenters. The summed E-state index contributed by atoms with van der Waals surface area (Å²) in [5.74, 6) is 0.0307. The van der Waals surface area contributed by atoms with Crippen molar-refractivity contribution in [1.82, 2.24) is 29.9 Å². The zero-order valence-electron chi connectivity index (χ0n) is 17.6. The Morgan fingerprint density at radius 3 is 2.72 bits per heavy atom. The number of benzene rings is 1. The predicted molar refractivity (Wildman–Crippen MR) is 116 cm³/mol. The van der Waals surface area contributed by atoms with Crippen LogP contribution < -0.4 is 5.32 Å². The largest absolute Gasteiger partial charge is 0.444 e. The number of anilines is 1. The maximum absolute atomic E-state index is 14.1. The van der Waals surface area contributed by atoms with E-state index in [1.807, 2.05) is 0 Å². The second-order valence-corrected chi connectivity index (χ2v) is 8.64. The highest BCUT2D eigenvalue weighted by Crippen LogP contribution is 2.32. The van der Waals surface area contributed by atoms with Crippen LogP contribution in [0.4, 0.5) is 15.0 Å². The van der Waals surface area contributed by atoms with Gasteiger partial charge in [0.2, 0.25) is 5.89 Å². The van der Waals surface area contributed by atoms with Gasteiger partial charge in [-0.3, -0.25) is 5.32 Å². The second kappa shape index (κ2) is 8.26. The van der Waals surface area contributed by atoms with Gasteiger partial charge in [-0.25, -0.2) is 23.8 Å². The lowest BCUT2D eigenvalue weighted by atomic mass is 10.2. The first kappa shape index (κ1) is 21.8. The number of ether oxygens (including phenoxy) is 1. The van der Waals surface area contributed by atoms with Crippen molar-refractivity contribution in [3.63, 3.8) is 0 Å². The van der Waals surface area contributed by atoms with Crippen molar-refractivity contribution in [2.45, 2.75) is 39.3 Å². The van der Waals surface area contributed by atoms with Crippen LogP contribution >= 0.6 is 15.9 Å². The van der Waals surface area contributed by atoms with Gasteiger partial charge in [-0.05, 0) is 55.8 Å². The summed E-state index contributed by atoms with van der Waals surface area (Å²) in [5, 5.41) is 15.5. The van der Waals surface area contributed by atoms with E-state index in [0.29, 0.717) is 15.6 Å². The van der Waals surface area contributed by atoms with E-state index in [1.54, 1.807) is 50.6 Å².